The first-order valence-corrected chi connectivity index (χ1v) is 0.947. The van der Waals surface area contributed by atoms with Gasteiger partial charge in [0.1, 0.15) is 0 Å². The van der Waals surface area contributed by atoms with Gasteiger partial charge in [-0.1, -0.05) is 0 Å². The molecule has 0 aliphatic carbocycles. The number of hydrogen-bond donors (Lipinski definition) is 1. The lowest BCUT2D eigenvalue weighted by molar-refractivity contribution is 0.503. The smallest absolute Gasteiger partial charge is 0.283 e. The molecule has 1 N–H and O–H groups in total. The van der Waals surface area contributed by atoms with Crippen LogP contribution in [0.4, 0.5) is 0 Å². The van der Waals surface area contributed by atoms with Gasteiger partial charge in [-0.3, -0.25) is 0 Å². The maximum Gasteiger partial charge on any atom is 0.283 e. The molecule has 0 amide bonds. The van der Waals surface area contributed by atoms with E-state index in [9.17, 15) is 0 Å². The molecule has 0 aromatic carbocycles. The van der Waals surface area contributed by atoms with Gasteiger partial charge in [0.05, 0.1) is 0 Å². The minimum Gasteiger partial charge on any atom is -0.443 e. The molecule has 0 heterocycles. The minimum absolute atomic E-state index is 0.750. The highest BCUT2D eigenvalue weighted by Gasteiger charge is 1.16. The number of aliphatic hydroxyl groups is 1. The molecule has 0 rings (SSSR count). The fourth-order valence-electron chi connectivity index (χ4n) is 0. The molecular weight excluding hydrogens is 90.1 g/mol. The predicted molar refractivity (Wildman–Crippen MR) is 15.7 cm³/mol. The molecular formula is CHNO2S. The zero-order valence-electron chi connectivity index (χ0n) is 2.21. The van der Waals surface area contributed by atoms with Crippen LogP contribution in [0.5, 0.6) is 0 Å². The van der Waals surface area contributed by atoms with Gasteiger partial charge in [-0.05, 0) is 0 Å². The van der Waals surface area contributed by atoms with Gasteiger partial charge in [0.2, 0.25) is 0 Å². The summed E-state index contributed by atoms with van der Waals surface area (Å²) in [6, 6.07) is 0. The summed E-state index contributed by atoms with van der Waals surface area (Å²) in [5.74, 6) is 0. The summed E-state index contributed by atoms with van der Waals surface area (Å²) < 4.78 is 7.83. The van der Waals surface area contributed by atoms with E-state index in [1.54, 1.807) is 0 Å². The normalized spacial score (nSPS) is 2.20. The zero-order chi connectivity index (χ0) is 4.71. The molecule has 0 aromatic rings. The molecule has 0 saturated heterocycles. The molecule has 0 unspecified atom stereocenters. The average molecular weight is 91.1 g/mol. The summed E-state index contributed by atoms with van der Waals surface area (Å²) in [7, 11) is 0. The van der Waals surface area contributed by atoms with Gasteiger partial charge < -0.3 is 5.11 Å². The molecule has 0 aliphatic heterocycles. The van der Waals surface area contributed by atoms with Crippen LogP contribution < -0.4 is 0 Å². The van der Waals surface area contributed by atoms with E-state index in [1.807, 2.05) is 0 Å². The van der Waals surface area contributed by atoms with Crippen LogP contribution in [0.2, 0.25) is 0 Å². The third-order valence-electron chi connectivity index (χ3n) is 0. The van der Waals surface area contributed by atoms with Gasteiger partial charge in [0, 0.05) is 0 Å². The van der Waals surface area contributed by atoms with Crippen molar-refractivity contribution in [1.29, 1.82) is 5.26 Å². The van der Waals surface area contributed by atoms with E-state index in [2.05, 4.69) is 12.5 Å². The molecule has 0 aliphatic rings. The Hall–Kier alpha value is -0.690. The maximum atomic E-state index is 7.83. The zero-order valence-corrected chi connectivity index (χ0v) is 3.03. The number of aliphatic hydroxyl groups excluding tert-OH is 1. The molecule has 0 spiro atoms. The van der Waals surface area contributed by atoms with Crippen molar-refractivity contribution in [3.63, 3.8) is 0 Å². The van der Waals surface area contributed by atoms with Crippen LogP contribution in [-0.2, 0) is 12.5 Å². The molecule has 5 heavy (non-hydrogen) atoms. The predicted octanol–water partition coefficient (Wildman–Crippen LogP) is -0.496. The first-order chi connectivity index (χ1) is 2.41. The Morgan fingerprint density at radius 3 is 1.80 bits per heavy atom. The van der Waals surface area contributed by atoms with Crippen LogP contribution >= 0.6 is 0 Å². The van der Waals surface area contributed by atoms with E-state index in [0.717, 1.165) is 6.26 Å². The summed E-state index contributed by atoms with van der Waals surface area (Å²) in [4.78, 5) is 0. The van der Waals surface area contributed by atoms with E-state index in [1.165, 1.54) is 0 Å². The third-order valence-corrected chi connectivity index (χ3v) is 0. The summed E-state index contributed by atoms with van der Waals surface area (Å²) in [6.45, 7) is 0. The van der Waals surface area contributed by atoms with E-state index in [4.69, 9.17) is 14.6 Å². The van der Waals surface area contributed by atoms with Crippen LogP contribution in [0.1, 0.15) is 0 Å². The van der Waals surface area contributed by atoms with Gasteiger partial charge >= 0.3 is 0 Å². The molecule has 0 radical (unpaired) electrons. The van der Waals surface area contributed by atoms with Crippen LogP contribution in [-0.4, -0.2) is 9.32 Å². The number of nitrogens with zero attached hydrogens (tertiary/aromatic N) is 1. The summed E-state index contributed by atoms with van der Waals surface area (Å²) in [5.41, 5.74) is 0. The second kappa shape index (κ2) is 184. The van der Waals surface area contributed by atoms with Crippen molar-refractivity contribution in [3.05, 3.63) is 0 Å². The highest BCUT2D eigenvalue weighted by molar-refractivity contribution is 7.44. The molecule has 0 fully saturated rings. The van der Waals surface area contributed by atoms with Crippen LogP contribution in [0, 0.1) is 11.5 Å². The first-order valence-electron chi connectivity index (χ1n) is 0.614. The van der Waals surface area contributed by atoms with Gasteiger partial charge in [0.15, 0.2) is 12.5 Å². The summed E-state index contributed by atoms with van der Waals surface area (Å²) >= 11 is 2.83. The van der Waals surface area contributed by atoms with E-state index >= 15 is 0 Å². The second-order valence-corrected chi connectivity index (χ2v) is 0.100. The third kappa shape index (κ3) is 11.9. The number of rotatable bonds is 0. The Balaban J connectivity index is 0. The number of nitriles is 1. The quantitative estimate of drug-likeness (QED) is 0.408. The Morgan fingerprint density at radius 2 is 1.80 bits per heavy atom. The number of hydrogen-bond acceptors (Lipinski definition) is 4. The van der Waals surface area contributed by atoms with Crippen molar-refractivity contribution in [2.24, 2.45) is 0 Å². The minimum atomic E-state index is 0.750. The molecule has 0 bridgehead atoms. The lowest BCUT2D eigenvalue weighted by atomic mass is 11.6. The van der Waals surface area contributed by atoms with Gasteiger partial charge in [0.25, 0.3) is 6.26 Å². The van der Waals surface area contributed by atoms with E-state index < -0.39 is 0 Å². The summed E-state index contributed by atoms with van der Waals surface area (Å²) in [6.07, 6.45) is 0.750. The largest absolute Gasteiger partial charge is 0.443 e. The fraction of sp³-hybridized carbons (Fsp3) is 0. The SMILES string of the molecule is N#CO.O=S. The second-order valence-electron chi connectivity index (χ2n) is 0.100. The molecule has 4 heteroatoms. The maximum absolute atomic E-state index is 7.83. The molecule has 0 atom stereocenters. The Kier molecular flexibility index (Phi) is 325. The van der Waals surface area contributed by atoms with Crippen molar-refractivity contribution in [1.82, 2.24) is 0 Å². The van der Waals surface area contributed by atoms with Crippen LogP contribution in [0.3, 0.4) is 0 Å². The van der Waals surface area contributed by atoms with Gasteiger partial charge in [-0.15, -0.1) is 0 Å². The van der Waals surface area contributed by atoms with Gasteiger partial charge in [-0.2, -0.15) is 9.47 Å². The molecule has 28 valence electrons. The van der Waals surface area contributed by atoms with Crippen molar-refractivity contribution >= 4 is 12.5 Å². The lowest BCUT2D eigenvalue weighted by Crippen LogP contribution is -1.27. The standard InChI is InChI=1S/CHNO.OS/c2-1-3;1-2/h3H;. The van der Waals surface area contributed by atoms with E-state index in [0.29, 0.717) is 0 Å². The van der Waals surface area contributed by atoms with Crippen molar-refractivity contribution in [2.45, 2.75) is 0 Å². The molecule has 0 saturated carbocycles. The van der Waals surface area contributed by atoms with Crippen molar-refractivity contribution in [2.75, 3.05) is 0 Å². The van der Waals surface area contributed by atoms with Crippen LogP contribution in [0.15, 0.2) is 0 Å². The van der Waals surface area contributed by atoms with Gasteiger partial charge in [-0.25, -0.2) is 0 Å². The average Bonchev–Trinajstić information content (AvgIpc) is 1.46. The van der Waals surface area contributed by atoms with Crippen LogP contribution in [0.25, 0.3) is 0 Å². The fourth-order valence-corrected chi connectivity index (χ4v) is 0. The van der Waals surface area contributed by atoms with Crippen molar-refractivity contribution in [3.8, 4) is 6.26 Å². The Labute approximate surface area is 34.4 Å². The summed E-state index contributed by atoms with van der Waals surface area (Å²) in [5, 5.41) is 13.8. The molecule has 0 aromatic heterocycles. The lowest BCUT2D eigenvalue weighted by Gasteiger charge is -1.25. The monoisotopic (exact) mass is 91.0 g/mol. The highest BCUT2D eigenvalue weighted by Crippen LogP contribution is 1.06. The van der Waals surface area contributed by atoms with E-state index in [-0.39, 0.29) is 0 Å². The topological polar surface area (TPSA) is 61.1 Å². The molecule has 3 nitrogen and oxygen atoms in total. The van der Waals surface area contributed by atoms with Crippen molar-refractivity contribution < 1.29 is 9.32 Å². The first kappa shape index (κ1) is 8.85. The highest BCUT2D eigenvalue weighted by atomic mass is 32.1. The Bertz CT molecular complexity index is 39.4. The Morgan fingerprint density at radius 1 is 1.80 bits per heavy atom.